The Hall–Kier alpha value is -1.28. The van der Waals surface area contributed by atoms with E-state index in [1.165, 1.54) is 31.3 Å². The van der Waals surface area contributed by atoms with E-state index in [-0.39, 0.29) is 0 Å². The molecule has 1 aliphatic carbocycles. The quantitative estimate of drug-likeness (QED) is 0.879. The Labute approximate surface area is 121 Å². The molecule has 106 valence electrons. The summed E-state index contributed by atoms with van der Waals surface area (Å²) in [6.07, 6.45) is 6.17. The molecule has 4 rings (SSSR count). The van der Waals surface area contributed by atoms with Crippen LogP contribution < -0.4 is 5.32 Å². The van der Waals surface area contributed by atoms with E-state index in [0.717, 1.165) is 12.5 Å². The number of aryl methyl sites for hydroxylation is 1. The number of nitrogens with zero attached hydrogens (tertiary/aromatic N) is 1. The topological polar surface area (TPSA) is 17.0 Å². The van der Waals surface area contributed by atoms with Crippen LogP contribution in [-0.4, -0.2) is 17.2 Å². The molecule has 1 aromatic heterocycles. The van der Waals surface area contributed by atoms with Crippen molar-refractivity contribution in [1.82, 2.24) is 9.88 Å². The van der Waals surface area contributed by atoms with Gasteiger partial charge in [-0.25, -0.2) is 0 Å². The second kappa shape index (κ2) is 4.63. The Morgan fingerprint density at radius 2 is 2.25 bits per heavy atom. The number of benzene rings is 1. The van der Waals surface area contributed by atoms with Gasteiger partial charge in [0, 0.05) is 35.6 Å². The minimum absolute atomic E-state index is 0.654. The fourth-order valence-electron chi connectivity index (χ4n) is 4.33. The summed E-state index contributed by atoms with van der Waals surface area (Å²) in [5.74, 6) is 1.51. The molecule has 3 atom stereocenters. The van der Waals surface area contributed by atoms with Crippen molar-refractivity contribution in [3.05, 3.63) is 35.5 Å². The maximum Gasteiger partial charge on any atom is 0.0486 e. The number of piperidine rings is 1. The largest absolute Gasteiger partial charge is 0.347 e. The first-order valence-electron chi connectivity index (χ1n) is 8.12. The Bertz CT molecular complexity index is 640. The predicted octanol–water partition coefficient (Wildman–Crippen LogP) is 3.69. The molecule has 20 heavy (non-hydrogen) atoms. The van der Waals surface area contributed by atoms with E-state index in [2.05, 4.69) is 48.1 Å². The zero-order valence-electron chi connectivity index (χ0n) is 12.5. The van der Waals surface area contributed by atoms with Crippen LogP contribution in [-0.2, 0) is 13.0 Å². The van der Waals surface area contributed by atoms with Gasteiger partial charge >= 0.3 is 0 Å². The third kappa shape index (κ3) is 1.74. The lowest BCUT2D eigenvalue weighted by Gasteiger charge is -2.39. The molecule has 1 fully saturated rings. The Balaban J connectivity index is 1.88. The van der Waals surface area contributed by atoms with Gasteiger partial charge < -0.3 is 9.88 Å². The summed E-state index contributed by atoms with van der Waals surface area (Å²) in [5, 5.41) is 5.35. The molecule has 2 heterocycles. The monoisotopic (exact) mass is 268 g/mol. The minimum Gasteiger partial charge on any atom is -0.347 e. The Morgan fingerprint density at radius 1 is 1.35 bits per heavy atom. The van der Waals surface area contributed by atoms with Gasteiger partial charge in [0.25, 0.3) is 0 Å². The molecule has 2 nitrogen and oxygen atoms in total. The summed E-state index contributed by atoms with van der Waals surface area (Å²) in [4.78, 5) is 0. The number of fused-ring (bicyclic) bond motifs is 2. The van der Waals surface area contributed by atoms with Crippen LogP contribution in [0.15, 0.2) is 24.4 Å². The molecule has 1 saturated heterocycles. The maximum absolute atomic E-state index is 3.79. The van der Waals surface area contributed by atoms with Gasteiger partial charge in [0.05, 0.1) is 0 Å². The van der Waals surface area contributed by atoms with Crippen molar-refractivity contribution in [3.63, 3.8) is 0 Å². The molecule has 1 aromatic carbocycles. The molecule has 0 unspecified atom stereocenters. The molecule has 0 radical (unpaired) electrons. The Morgan fingerprint density at radius 3 is 3.10 bits per heavy atom. The Kier molecular flexibility index (Phi) is 2.88. The van der Waals surface area contributed by atoms with Gasteiger partial charge in [0.15, 0.2) is 0 Å². The van der Waals surface area contributed by atoms with Crippen LogP contribution in [0.2, 0.25) is 0 Å². The lowest BCUT2D eigenvalue weighted by molar-refractivity contribution is 0.282. The van der Waals surface area contributed by atoms with E-state index in [0.29, 0.717) is 12.0 Å². The zero-order chi connectivity index (χ0) is 13.7. The van der Waals surface area contributed by atoms with Crippen LogP contribution in [0.25, 0.3) is 10.9 Å². The van der Waals surface area contributed by atoms with E-state index < -0.39 is 0 Å². The predicted molar refractivity (Wildman–Crippen MR) is 84.2 cm³/mol. The standard InChI is InChI=1S/C18H24N2/c1-3-7-20-11-13-9-16-15(8-12(2)10-19-16)14-5-4-6-17(20)18(13)14/h4-6,11-12,15-16,19H,3,7-10H2,1-2H3/t12-,15-,16-/m1/s1. The third-order valence-corrected chi connectivity index (χ3v) is 5.19. The highest BCUT2D eigenvalue weighted by Gasteiger charge is 2.35. The van der Waals surface area contributed by atoms with Crippen LogP contribution in [0.5, 0.6) is 0 Å². The van der Waals surface area contributed by atoms with Gasteiger partial charge in [0.1, 0.15) is 0 Å². The molecular weight excluding hydrogens is 244 g/mol. The molecule has 2 aromatic rings. The lowest BCUT2D eigenvalue weighted by Crippen LogP contribution is -2.46. The number of rotatable bonds is 2. The van der Waals surface area contributed by atoms with E-state index in [4.69, 9.17) is 0 Å². The van der Waals surface area contributed by atoms with Gasteiger partial charge in [0.2, 0.25) is 0 Å². The minimum atomic E-state index is 0.654. The van der Waals surface area contributed by atoms with Crippen molar-refractivity contribution in [2.45, 2.75) is 51.6 Å². The first-order valence-corrected chi connectivity index (χ1v) is 8.12. The molecule has 2 aliphatic rings. The van der Waals surface area contributed by atoms with Crippen LogP contribution in [0.1, 0.15) is 43.7 Å². The van der Waals surface area contributed by atoms with Crippen LogP contribution in [0.3, 0.4) is 0 Å². The van der Waals surface area contributed by atoms with Crippen LogP contribution in [0.4, 0.5) is 0 Å². The molecule has 1 aliphatic heterocycles. The fraction of sp³-hybridized carbons (Fsp3) is 0.556. The average molecular weight is 268 g/mol. The van der Waals surface area contributed by atoms with E-state index in [1.807, 2.05) is 0 Å². The van der Waals surface area contributed by atoms with Crippen molar-refractivity contribution in [1.29, 1.82) is 0 Å². The van der Waals surface area contributed by atoms with Crippen molar-refractivity contribution in [2.75, 3.05) is 6.54 Å². The van der Waals surface area contributed by atoms with Gasteiger partial charge in [-0.15, -0.1) is 0 Å². The SMILES string of the molecule is CCCn1cc2c3c(cccc31)[C@H]1C[C@@H](C)CN[C@@H]1C2. The highest BCUT2D eigenvalue weighted by Crippen LogP contribution is 2.42. The first-order chi connectivity index (χ1) is 9.78. The summed E-state index contributed by atoms with van der Waals surface area (Å²) in [7, 11) is 0. The normalized spacial score (nSPS) is 28.6. The van der Waals surface area contributed by atoms with Gasteiger partial charge in [-0.2, -0.15) is 0 Å². The second-order valence-corrected chi connectivity index (χ2v) is 6.76. The van der Waals surface area contributed by atoms with Crippen molar-refractivity contribution >= 4 is 10.9 Å². The number of hydrogen-bond donors (Lipinski definition) is 1. The molecule has 2 heteroatoms. The number of aromatic nitrogens is 1. The average Bonchev–Trinajstić information content (AvgIpc) is 2.80. The van der Waals surface area contributed by atoms with E-state index >= 15 is 0 Å². The third-order valence-electron chi connectivity index (χ3n) is 5.19. The fourth-order valence-corrected chi connectivity index (χ4v) is 4.33. The van der Waals surface area contributed by atoms with Gasteiger partial charge in [-0.1, -0.05) is 26.0 Å². The van der Waals surface area contributed by atoms with Crippen molar-refractivity contribution in [2.24, 2.45) is 5.92 Å². The zero-order valence-corrected chi connectivity index (χ0v) is 12.5. The number of hydrogen-bond acceptors (Lipinski definition) is 1. The van der Waals surface area contributed by atoms with Crippen LogP contribution in [0, 0.1) is 5.92 Å². The van der Waals surface area contributed by atoms with Crippen molar-refractivity contribution < 1.29 is 0 Å². The summed E-state index contributed by atoms with van der Waals surface area (Å²) < 4.78 is 2.47. The van der Waals surface area contributed by atoms with Crippen molar-refractivity contribution in [3.8, 4) is 0 Å². The van der Waals surface area contributed by atoms with Crippen LogP contribution >= 0.6 is 0 Å². The molecule has 0 saturated carbocycles. The van der Waals surface area contributed by atoms with E-state index in [1.54, 1.807) is 16.5 Å². The first kappa shape index (κ1) is 12.5. The second-order valence-electron chi connectivity index (χ2n) is 6.76. The molecule has 0 spiro atoms. The molecule has 1 N–H and O–H groups in total. The maximum atomic E-state index is 3.79. The molecule has 0 amide bonds. The highest BCUT2D eigenvalue weighted by atomic mass is 15.0. The summed E-state index contributed by atoms with van der Waals surface area (Å²) in [5.41, 5.74) is 4.62. The number of nitrogens with one attached hydrogen (secondary N) is 1. The summed E-state index contributed by atoms with van der Waals surface area (Å²) in [6.45, 7) is 6.96. The summed E-state index contributed by atoms with van der Waals surface area (Å²) in [6, 6.07) is 7.59. The van der Waals surface area contributed by atoms with Gasteiger partial charge in [-0.3, -0.25) is 0 Å². The van der Waals surface area contributed by atoms with E-state index in [9.17, 15) is 0 Å². The lowest BCUT2D eigenvalue weighted by atomic mass is 9.74. The molecule has 0 bridgehead atoms. The molecular formula is C18H24N2. The summed E-state index contributed by atoms with van der Waals surface area (Å²) >= 11 is 0. The highest BCUT2D eigenvalue weighted by molar-refractivity contribution is 5.89. The van der Waals surface area contributed by atoms with Gasteiger partial charge in [-0.05, 0) is 48.9 Å². The smallest absolute Gasteiger partial charge is 0.0486 e.